The molecule has 0 heterocycles. The molecule has 0 aliphatic heterocycles. The number of hydrogen-bond donors (Lipinski definition) is 0. The molecule has 0 aromatic heterocycles. The molecule has 78 valence electrons. The zero-order valence-electron chi connectivity index (χ0n) is 9.44. The molecule has 1 fully saturated rings. The average molecular weight is 247 g/mol. The van der Waals surface area contributed by atoms with Gasteiger partial charge in [-0.2, -0.15) is 0 Å². The fraction of sp³-hybridized carbons (Fsp3) is 1.00. The molecule has 0 bridgehead atoms. The summed E-state index contributed by atoms with van der Waals surface area (Å²) in [5, 5.41) is 1.14. The molecule has 0 nitrogen and oxygen atoms in total. The Labute approximate surface area is 91.6 Å². The topological polar surface area (TPSA) is 0 Å². The molecule has 1 rings (SSSR count). The van der Waals surface area contributed by atoms with E-state index in [1.807, 2.05) is 0 Å². The third kappa shape index (κ3) is 2.71. The highest BCUT2D eigenvalue weighted by Gasteiger charge is 2.34. The van der Waals surface area contributed by atoms with Gasteiger partial charge >= 0.3 is 0 Å². The highest BCUT2D eigenvalue weighted by molar-refractivity contribution is 9.09. The molecular weight excluding hydrogens is 224 g/mol. The van der Waals surface area contributed by atoms with Gasteiger partial charge in [-0.1, -0.05) is 50.0 Å². The van der Waals surface area contributed by atoms with Crippen LogP contribution in [0, 0.1) is 23.2 Å². The predicted molar refractivity (Wildman–Crippen MR) is 63.2 cm³/mol. The van der Waals surface area contributed by atoms with Gasteiger partial charge in [0, 0.05) is 5.33 Å². The maximum atomic E-state index is 3.64. The van der Waals surface area contributed by atoms with Crippen molar-refractivity contribution in [3.63, 3.8) is 0 Å². The van der Waals surface area contributed by atoms with E-state index in [1.54, 1.807) is 0 Å². The minimum absolute atomic E-state index is 0.494. The highest BCUT2D eigenvalue weighted by atomic mass is 79.9. The summed E-state index contributed by atoms with van der Waals surface area (Å²) in [7, 11) is 0. The quantitative estimate of drug-likeness (QED) is 0.631. The number of hydrogen-bond acceptors (Lipinski definition) is 0. The Morgan fingerprint density at radius 1 is 1.15 bits per heavy atom. The lowest BCUT2D eigenvalue weighted by atomic mass is 9.66. The van der Waals surface area contributed by atoms with Gasteiger partial charge in [0.05, 0.1) is 0 Å². The average Bonchev–Trinajstić information content (AvgIpc) is 2.09. The molecule has 1 aliphatic rings. The summed E-state index contributed by atoms with van der Waals surface area (Å²) in [6.07, 6.45) is 4.30. The van der Waals surface area contributed by atoms with Crippen LogP contribution in [0.15, 0.2) is 0 Å². The van der Waals surface area contributed by atoms with Crippen molar-refractivity contribution in [1.29, 1.82) is 0 Å². The Hall–Kier alpha value is 0.480. The maximum absolute atomic E-state index is 3.64. The van der Waals surface area contributed by atoms with Crippen LogP contribution in [0.3, 0.4) is 0 Å². The van der Waals surface area contributed by atoms with Crippen LogP contribution in [0.25, 0.3) is 0 Å². The van der Waals surface area contributed by atoms with Gasteiger partial charge in [-0.05, 0) is 36.0 Å². The smallest absolute Gasteiger partial charge is 0.00853 e. The monoisotopic (exact) mass is 246 g/mol. The lowest BCUT2D eigenvalue weighted by Crippen LogP contribution is -2.32. The summed E-state index contributed by atoms with van der Waals surface area (Å²) >= 11 is 3.64. The third-order valence-electron chi connectivity index (χ3n) is 4.05. The van der Waals surface area contributed by atoms with Crippen LogP contribution < -0.4 is 0 Å². The standard InChI is InChI=1S/C12H23Br/c1-9-5-6-11(7-10(9)2)12(3,4)8-13/h9-11H,5-8H2,1-4H3. The van der Waals surface area contributed by atoms with E-state index in [4.69, 9.17) is 0 Å². The van der Waals surface area contributed by atoms with Crippen molar-refractivity contribution in [2.75, 3.05) is 5.33 Å². The summed E-state index contributed by atoms with van der Waals surface area (Å²) in [6, 6.07) is 0. The van der Waals surface area contributed by atoms with Gasteiger partial charge < -0.3 is 0 Å². The van der Waals surface area contributed by atoms with E-state index in [2.05, 4.69) is 43.6 Å². The molecule has 0 saturated heterocycles. The summed E-state index contributed by atoms with van der Waals surface area (Å²) in [4.78, 5) is 0. The Morgan fingerprint density at radius 2 is 1.77 bits per heavy atom. The van der Waals surface area contributed by atoms with Gasteiger partial charge in [-0.25, -0.2) is 0 Å². The van der Waals surface area contributed by atoms with E-state index in [0.29, 0.717) is 5.41 Å². The van der Waals surface area contributed by atoms with Gasteiger partial charge in [-0.3, -0.25) is 0 Å². The Kier molecular flexibility index (Phi) is 3.85. The Bertz CT molecular complexity index is 163. The number of rotatable bonds is 2. The Morgan fingerprint density at radius 3 is 2.23 bits per heavy atom. The molecule has 3 atom stereocenters. The summed E-state index contributed by atoms with van der Waals surface area (Å²) in [5.41, 5.74) is 0.494. The minimum Gasteiger partial charge on any atom is -0.0922 e. The molecule has 0 spiro atoms. The third-order valence-corrected chi connectivity index (χ3v) is 5.49. The van der Waals surface area contributed by atoms with Crippen molar-refractivity contribution in [2.24, 2.45) is 23.2 Å². The highest BCUT2D eigenvalue weighted by Crippen LogP contribution is 2.43. The van der Waals surface area contributed by atoms with E-state index in [0.717, 1.165) is 23.1 Å². The lowest BCUT2D eigenvalue weighted by Gasteiger charge is -2.40. The van der Waals surface area contributed by atoms with E-state index in [1.165, 1.54) is 19.3 Å². The second-order valence-corrected chi connectivity index (χ2v) is 6.15. The summed E-state index contributed by atoms with van der Waals surface area (Å²) in [5.74, 6) is 2.80. The fourth-order valence-electron chi connectivity index (χ4n) is 2.37. The zero-order chi connectivity index (χ0) is 10.1. The van der Waals surface area contributed by atoms with Crippen molar-refractivity contribution in [3.8, 4) is 0 Å². The van der Waals surface area contributed by atoms with Crippen LogP contribution in [-0.2, 0) is 0 Å². The molecule has 0 amide bonds. The van der Waals surface area contributed by atoms with E-state index in [-0.39, 0.29) is 0 Å². The van der Waals surface area contributed by atoms with Crippen molar-refractivity contribution >= 4 is 15.9 Å². The summed E-state index contributed by atoms with van der Waals surface area (Å²) < 4.78 is 0. The second kappa shape index (κ2) is 4.33. The first-order chi connectivity index (χ1) is 5.97. The van der Waals surface area contributed by atoms with Crippen LogP contribution in [0.2, 0.25) is 0 Å². The first kappa shape index (κ1) is 11.6. The minimum atomic E-state index is 0.494. The van der Waals surface area contributed by atoms with Gasteiger partial charge in [-0.15, -0.1) is 0 Å². The summed E-state index contributed by atoms with van der Waals surface area (Å²) in [6.45, 7) is 9.62. The molecule has 13 heavy (non-hydrogen) atoms. The van der Waals surface area contributed by atoms with Crippen LogP contribution >= 0.6 is 15.9 Å². The normalized spacial score (nSPS) is 36.2. The fourth-order valence-corrected chi connectivity index (χ4v) is 2.82. The maximum Gasteiger partial charge on any atom is 0.00853 e. The van der Waals surface area contributed by atoms with Crippen LogP contribution in [-0.4, -0.2) is 5.33 Å². The van der Waals surface area contributed by atoms with Crippen molar-refractivity contribution in [1.82, 2.24) is 0 Å². The van der Waals surface area contributed by atoms with Gasteiger partial charge in [0.1, 0.15) is 0 Å². The molecule has 0 aromatic carbocycles. The zero-order valence-corrected chi connectivity index (χ0v) is 11.0. The molecular formula is C12H23Br. The van der Waals surface area contributed by atoms with E-state index < -0.39 is 0 Å². The van der Waals surface area contributed by atoms with E-state index in [9.17, 15) is 0 Å². The van der Waals surface area contributed by atoms with Crippen LogP contribution in [0.1, 0.15) is 47.0 Å². The number of alkyl halides is 1. The largest absolute Gasteiger partial charge is 0.0922 e. The SMILES string of the molecule is CC1CCC(C(C)(C)CBr)CC1C. The first-order valence-corrected chi connectivity index (χ1v) is 6.65. The predicted octanol–water partition coefficient (Wildman–Crippen LogP) is 4.48. The van der Waals surface area contributed by atoms with Crippen molar-refractivity contribution in [2.45, 2.75) is 47.0 Å². The molecule has 0 N–H and O–H groups in total. The number of halogens is 1. The van der Waals surface area contributed by atoms with Gasteiger partial charge in [0.2, 0.25) is 0 Å². The van der Waals surface area contributed by atoms with E-state index >= 15 is 0 Å². The van der Waals surface area contributed by atoms with Crippen LogP contribution in [0.5, 0.6) is 0 Å². The van der Waals surface area contributed by atoms with Crippen molar-refractivity contribution in [3.05, 3.63) is 0 Å². The van der Waals surface area contributed by atoms with Gasteiger partial charge in [0.15, 0.2) is 0 Å². The molecule has 1 aliphatic carbocycles. The second-order valence-electron chi connectivity index (χ2n) is 5.59. The molecule has 1 saturated carbocycles. The molecule has 3 unspecified atom stereocenters. The van der Waals surface area contributed by atoms with Crippen molar-refractivity contribution < 1.29 is 0 Å². The molecule has 0 aromatic rings. The van der Waals surface area contributed by atoms with Crippen LogP contribution in [0.4, 0.5) is 0 Å². The first-order valence-electron chi connectivity index (χ1n) is 5.53. The molecule has 1 heteroatoms. The molecule has 0 radical (unpaired) electrons. The van der Waals surface area contributed by atoms with Gasteiger partial charge in [0.25, 0.3) is 0 Å². The Balaban J connectivity index is 2.55. The lowest BCUT2D eigenvalue weighted by molar-refractivity contribution is 0.118.